The minimum absolute atomic E-state index is 0. The molecule has 0 spiro atoms. The van der Waals surface area contributed by atoms with Crippen LogP contribution in [0.4, 0.5) is 0 Å². The van der Waals surface area contributed by atoms with Crippen molar-refractivity contribution in [1.82, 2.24) is 5.32 Å². The van der Waals surface area contributed by atoms with Crippen molar-refractivity contribution in [2.24, 2.45) is 0 Å². The van der Waals surface area contributed by atoms with Gasteiger partial charge in [0, 0.05) is 6.92 Å². The summed E-state index contributed by atoms with van der Waals surface area (Å²) in [6.07, 6.45) is -16.2. The minimum atomic E-state index is -5.21. The van der Waals surface area contributed by atoms with E-state index in [2.05, 4.69) is 36.8 Å². The monoisotopic (exact) mass is 621 g/mol. The van der Waals surface area contributed by atoms with E-state index in [1.807, 2.05) is 0 Å². The Morgan fingerprint density at radius 1 is 1.03 bits per heavy atom. The van der Waals surface area contributed by atoms with Crippen molar-refractivity contribution in [3.8, 4) is 0 Å². The number of nitrogens with one attached hydrogen (secondary N) is 1. The molecule has 2 heterocycles. The van der Waals surface area contributed by atoms with Crippen LogP contribution in [0.25, 0.3) is 0 Å². The van der Waals surface area contributed by atoms with Gasteiger partial charge in [0.2, 0.25) is 16.3 Å². The molecule has 23 heteroatoms. The van der Waals surface area contributed by atoms with Gasteiger partial charge in [-0.25, -0.2) is 8.42 Å². The molecule has 0 aromatic carbocycles. The van der Waals surface area contributed by atoms with E-state index in [4.69, 9.17) is 19.1 Å². The quantitative estimate of drug-likeness (QED) is 0.0317. The number of carboxylic acids is 1. The van der Waals surface area contributed by atoms with E-state index in [0.29, 0.717) is 0 Å². The van der Waals surface area contributed by atoms with Gasteiger partial charge >= 0.3 is 88.7 Å². The van der Waals surface area contributed by atoms with Gasteiger partial charge in [-0.05, 0) is 12.0 Å². The molecule has 204 valence electrons. The first-order chi connectivity index (χ1) is 16.3. The van der Waals surface area contributed by atoms with Crippen molar-refractivity contribution in [2.45, 2.75) is 75.0 Å². The number of aliphatic hydroxyl groups excluding tert-OH is 3. The molecule has 4 N–H and O–H groups in total. The normalized spacial score (nSPS) is 35.1. The average Bonchev–Trinajstić information content (AvgIpc) is 2.75. The summed E-state index contributed by atoms with van der Waals surface area (Å²) >= 11 is 4.03. The SMILES string of the molecule is CC(=O)NC1[C@H](C)OC(COS(=O)(=O)[O-])[C@H](OOOO[S-])[C@@H]1O[C@@H]1OC(C(=O)[O-])[C@H](O)[C@H](O)C1O.[Na+].[Na+].[Na+]. The van der Waals surface area contributed by atoms with Gasteiger partial charge in [-0.2, -0.15) is 4.89 Å². The molecule has 38 heavy (non-hydrogen) atoms. The number of aliphatic hydroxyl groups is 3. The molecule has 18 nitrogen and oxygen atoms in total. The summed E-state index contributed by atoms with van der Waals surface area (Å²) < 4.78 is 56.9. The zero-order valence-corrected chi connectivity index (χ0v) is 28.5. The number of hydrogen-bond acceptors (Lipinski definition) is 18. The largest absolute Gasteiger partial charge is 1.00 e. The Balaban J connectivity index is 0. The maximum absolute atomic E-state index is 11.8. The van der Waals surface area contributed by atoms with E-state index in [0.717, 1.165) is 6.92 Å². The Morgan fingerprint density at radius 2 is 1.63 bits per heavy atom. The van der Waals surface area contributed by atoms with E-state index < -0.39 is 90.0 Å². The third-order valence-corrected chi connectivity index (χ3v) is 5.47. The number of aliphatic carboxylic acids is 1. The number of ether oxygens (including phenoxy) is 3. The third-order valence-electron chi connectivity index (χ3n) is 4.99. The molecule has 1 amide bonds. The van der Waals surface area contributed by atoms with Crippen molar-refractivity contribution in [1.29, 1.82) is 0 Å². The van der Waals surface area contributed by atoms with Crippen molar-refractivity contribution >= 4 is 35.2 Å². The molecule has 2 saturated heterocycles. The average molecular weight is 621 g/mol. The van der Waals surface area contributed by atoms with Crippen LogP contribution in [0.5, 0.6) is 0 Å². The third kappa shape index (κ3) is 12.2. The Kier molecular flexibility index (Phi) is 21.1. The number of amides is 1. The van der Waals surface area contributed by atoms with Crippen LogP contribution in [-0.4, -0.2) is 108 Å². The molecule has 0 aromatic rings. The molecule has 10 atom stereocenters. The van der Waals surface area contributed by atoms with E-state index in [-0.39, 0.29) is 88.7 Å². The second kappa shape index (κ2) is 19.1. The van der Waals surface area contributed by atoms with E-state index >= 15 is 0 Å². The van der Waals surface area contributed by atoms with Crippen LogP contribution in [-0.2, 0) is 70.6 Å². The summed E-state index contributed by atoms with van der Waals surface area (Å²) in [5.74, 6) is -2.58. The molecule has 2 rings (SSSR count). The van der Waals surface area contributed by atoms with Crippen LogP contribution in [0.1, 0.15) is 13.8 Å². The van der Waals surface area contributed by atoms with Crippen LogP contribution in [0, 0.1) is 0 Å². The van der Waals surface area contributed by atoms with Crippen LogP contribution in [0.2, 0.25) is 0 Å². The van der Waals surface area contributed by atoms with Gasteiger partial charge in [-0.1, -0.05) is 5.04 Å². The van der Waals surface area contributed by atoms with Crippen molar-refractivity contribution in [3.63, 3.8) is 0 Å². The van der Waals surface area contributed by atoms with Crippen LogP contribution < -0.4 is 99.1 Å². The summed E-state index contributed by atoms with van der Waals surface area (Å²) in [6, 6.07) is -1.20. The summed E-state index contributed by atoms with van der Waals surface area (Å²) in [7, 11) is -5.21. The van der Waals surface area contributed by atoms with Crippen molar-refractivity contribution < 1.29 is 169 Å². The van der Waals surface area contributed by atoms with Gasteiger partial charge in [0.15, 0.2) is 12.4 Å². The zero-order valence-electron chi connectivity index (χ0n) is 20.9. The van der Waals surface area contributed by atoms with Crippen LogP contribution in [0.3, 0.4) is 0 Å². The Bertz CT molecular complexity index is 843. The number of carbonyl (C=O) groups excluding carboxylic acids is 2. The number of carbonyl (C=O) groups is 2. The second-order valence-corrected chi connectivity index (χ2v) is 8.57. The molecule has 0 bridgehead atoms. The topological polar surface area (TPSA) is 261 Å². The molecule has 0 radical (unpaired) electrons. The summed E-state index contributed by atoms with van der Waals surface area (Å²) in [6.45, 7) is 1.53. The summed E-state index contributed by atoms with van der Waals surface area (Å²) in [5.41, 5.74) is 0. The zero-order chi connectivity index (χ0) is 26.5. The fourth-order valence-electron chi connectivity index (χ4n) is 3.50. The molecule has 0 aromatic heterocycles. The Hall–Kier alpha value is 1.76. The molecule has 2 fully saturated rings. The van der Waals surface area contributed by atoms with Gasteiger partial charge in [-0.15, -0.1) is 0 Å². The first-order valence-corrected chi connectivity index (χ1v) is 11.3. The van der Waals surface area contributed by atoms with E-state index in [1.54, 1.807) is 0 Å². The standard InChI is InChI=1S/C15H25NO17S2.3Na/c1-4-7(16-5(2)17)12(28-15-10(20)8(18)9(19)13(29-15)14(21)22)11(30-31-32-33-34)6(27-4)3-26-35(23,24)25;;;/h4,6-13,15,18-20,34H,3H2,1-2H3,(H,16,17)(H,21,22)(H,23,24,25);;;/q;3*+1/p-3/t4-,6?,7?,8-,9+,10?,11-,12+,13?,15+;;;/m0.../s1. The molecule has 0 aliphatic carbocycles. The van der Waals surface area contributed by atoms with Gasteiger partial charge in [0.05, 0.1) is 24.7 Å². The smallest absolute Gasteiger partial charge is 0.726 e. The maximum Gasteiger partial charge on any atom is 1.00 e. The fraction of sp³-hybridized carbons (Fsp3) is 0.867. The predicted octanol–water partition coefficient (Wildman–Crippen LogP) is -14.6. The molecule has 2 aliphatic rings. The van der Waals surface area contributed by atoms with Crippen LogP contribution >= 0.6 is 0 Å². The number of hydrogen-bond donors (Lipinski definition) is 4. The Morgan fingerprint density at radius 3 is 2.13 bits per heavy atom. The fourth-order valence-corrected chi connectivity index (χ4v) is 3.82. The first-order valence-electron chi connectivity index (χ1n) is 9.64. The number of rotatable bonds is 11. The van der Waals surface area contributed by atoms with Crippen molar-refractivity contribution in [3.05, 3.63) is 0 Å². The summed E-state index contributed by atoms with van der Waals surface area (Å²) in [4.78, 5) is 27.9. The minimum Gasteiger partial charge on any atom is -0.726 e. The van der Waals surface area contributed by atoms with Gasteiger partial charge < -0.3 is 66.5 Å². The van der Waals surface area contributed by atoms with Gasteiger partial charge in [0.1, 0.15) is 36.6 Å². The molecule has 0 saturated carbocycles. The molecular weight excluding hydrogens is 599 g/mol. The molecule has 2 aliphatic heterocycles. The Labute approximate surface area is 288 Å². The predicted molar refractivity (Wildman–Crippen MR) is 99.6 cm³/mol. The van der Waals surface area contributed by atoms with Crippen molar-refractivity contribution in [2.75, 3.05) is 6.61 Å². The molecule has 4 unspecified atom stereocenters. The van der Waals surface area contributed by atoms with Crippen LogP contribution in [0.15, 0.2) is 0 Å². The van der Waals surface area contributed by atoms with Gasteiger partial charge in [-0.3, -0.25) is 8.98 Å². The van der Waals surface area contributed by atoms with E-state index in [1.165, 1.54) is 6.92 Å². The number of carboxylic acid groups (broad SMARTS) is 1. The van der Waals surface area contributed by atoms with Gasteiger partial charge in [0.25, 0.3) is 0 Å². The summed E-state index contributed by atoms with van der Waals surface area (Å²) in [5, 5.41) is 52.0. The second-order valence-electron chi connectivity index (χ2n) is 7.38. The molecular formula is C15H22NNa3O17S2. The van der Waals surface area contributed by atoms with E-state index in [9.17, 15) is 43.0 Å². The maximum atomic E-state index is 11.8. The first kappa shape index (κ1) is 41.9.